The summed E-state index contributed by atoms with van der Waals surface area (Å²) in [6.07, 6.45) is 4.05. The van der Waals surface area contributed by atoms with E-state index in [0.29, 0.717) is 0 Å². The topological polar surface area (TPSA) is 38.9 Å². The molecule has 1 heterocycles. The van der Waals surface area contributed by atoms with Crippen molar-refractivity contribution in [3.8, 4) is 0 Å². The summed E-state index contributed by atoms with van der Waals surface area (Å²) in [5, 5.41) is 0. The van der Waals surface area contributed by atoms with Crippen LogP contribution in [0.25, 0.3) is 0 Å². The standard InChI is InChI=1S/C11H15BrN2/c1-10(2,11(13)5-6-11)9-4-3-8(12)7-14-9/h3-4,7H,5-6,13H2,1-2H3. The van der Waals surface area contributed by atoms with Gasteiger partial charge in [-0.3, -0.25) is 4.98 Å². The van der Waals surface area contributed by atoms with Gasteiger partial charge in [-0.05, 0) is 40.9 Å². The van der Waals surface area contributed by atoms with Gasteiger partial charge in [0, 0.05) is 27.3 Å². The number of halogens is 1. The molecule has 14 heavy (non-hydrogen) atoms. The average molecular weight is 255 g/mol. The summed E-state index contributed by atoms with van der Waals surface area (Å²) in [5.41, 5.74) is 7.27. The summed E-state index contributed by atoms with van der Waals surface area (Å²) in [6, 6.07) is 4.08. The first-order valence-electron chi connectivity index (χ1n) is 4.87. The lowest BCUT2D eigenvalue weighted by molar-refractivity contribution is 0.381. The normalized spacial score (nSPS) is 19.4. The number of hydrogen-bond donors (Lipinski definition) is 1. The van der Waals surface area contributed by atoms with Gasteiger partial charge in [0.05, 0.1) is 0 Å². The third-order valence-electron chi connectivity index (χ3n) is 3.40. The lowest BCUT2D eigenvalue weighted by atomic mass is 9.79. The molecular weight excluding hydrogens is 240 g/mol. The molecule has 1 aliphatic carbocycles. The molecule has 1 aliphatic rings. The van der Waals surface area contributed by atoms with Crippen molar-refractivity contribution in [2.24, 2.45) is 5.73 Å². The maximum Gasteiger partial charge on any atom is 0.0479 e. The fraction of sp³-hybridized carbons (Fsp3) is 0.545. The SMILES string of the molecule is CC(C)(c1ccc(Br)cn1)C1(N)CC1. The minimum absolute atomic E-state index is 0.0201. The van der Waals surface area contributed by atoms with E-state index in [1.807, 2.05) is 12.3 Å². The van der Waals surface area contributed by atoms with Crippen LogP contribution in [-0.2, 0) is 5.41 Å². The molecule has 3 heteroatoms. The van der Waals surface area contributed by atoms with Crippen LogP contribution in [0.1, 0.15) is 32.4 Å². The van der Waals surface area contributed by atoms with Gasteiger partial charge in [-0.2, -0.15) is 0 Å². The van der Waals surface area contributed by atoms with E-state index in [1.54, 1.807) is 0 Å². The second-order valence-electron chi connectivity index (χ2n) is 4.64. The maximum absolute atomic E-state index is 6.24. The van der Waals surface area contributed by atoms with Crippen LogP contribution in [0.5, 0.6) is 0 Å². The van der Waals surface area contributed by atoms with Crippen molar-refractivity contribution < 1.29 is 0 Å². The number of hydrogen-bond acceptors (Lipinski definition) is 2. The van der Waals surface area contributed by atoms with Crippen molar-refractivity contribution in [3.05, 3.63) is 28.5 Å². The number of nitrogens with two attached hydrogens (primary N) is 1. The number of pyridine rings is 1. The second-order valence-corrected chi connectivity index (χ2v) is 5.56. The molecule has 1 aromatic heterocycles. The number of aromatic nitrogens is 1. The van der Waals surface area contributed by atoms with Gasteiger partial charge in [0.2, 0.25) is 0 Å². The van der Waals surface area contributed by atoms with Crippen LogP contribution in [0.3, 0.4) is 0 Å². The molecule has 76 valence electrons. The molecule has 0 aliphatic heterocycles. The summed E-state index contributed by atoms with van der Waals surface area (Å²) < 4.78 is 1.01. The summed E-state index contributed by atoms with van der Waals surface area (Å²) in [4.78, 5) is 4.43. The van der Waals surface area contributed by atoms with E-state index in [-0.39, 0.29) is 11.0 Å². The highest BCUT2D eigenvalue weighted by atomic mass is 79.9. The summed E-state index contributed by atoms with van der Waals surface area (Å²) in [7, 11) is 0. The fourth-order valence-corrected chi connectivity index (χ4v) is 1.99. The summed E-state index contributed by atoms with van der Waals surface area (Å²) >= 11 is 3.38. The molecule has 0 amide bonds. The zero-order chi connectivity index (χ0) is 10.4. The minimum atomic E-state index is -0.0339. The van der Waals surface area contributed by atoms with Crippen LogP contribution >= 0.6 is 15.9 Å². The third kappa shape index (κ3) is 1.48. The monoisotopic (exact) mass is 254 g/mol. The molecule has 2 nitrogen and oxygen atoms in total. The minimum Gasteiger partial charge on any atom is -0.324 e. The highest BCUT2D eigenvalue weighted by molar-refractivity contribution is 9.10. The van der Waals surface area contributed by atoms with E-state index in [1.165, 1.54) is 0 Å². The Morgan fingerprint density at radius 3 is 2.50 bits per heavy atom. The van der Waals surface area contributed by atoms with Gasteiger partial charge in [0.1, 0.15) is 0 Å². The lowest BCUT2D eigenvalue weighted by Crippen LogP contribution is -2.43. The predicted octanol–water partition coefficient (Wildman–Crippen LogP) is 2.61. The molecule has 0 atom stereocenters. The second kappa shape index (κ2) is 3.04. The van der Waals surface area contributed by atoms with Crippen molar-refractivity contribution in [1.82, 2.24) is 4.98 Å². The van der Waals surface area contributed by atoms with Crippen molar-refractivity contribution in [2.45, 2.75) is 37.6 Å². The van der Waals surface area contributed by atoms with E-state index >= 15 is 0 Å². The molecule has 0 aromatic carbocycles. The van der Waals surface area contributed by atoms with Gasteiger partial charge in [-0.15, -0.1) is 0 Å². The van der Waals surface area contributed by atoms with Crippen LogP contribution in [0.2, 0.25) is 0 Å². The Kier molecular flexibility index (Phi) is 2.20. The first-order chi connectivity index (χ1) is 6.46. The molecule has 0 unspecified atom stereocenters. The Labute approximate surface area is 93.0 Å². The van der Waals surface area contributed by atoms with Crippen molar-refractivity contribution in [1.29, 1.82) is 0 Å². The van der Waals surface area contributed by atoms with Gasteiger partial charge < -0.3 is 5.73 Å². The van der Waals surface area contributed by atoms with Crippen LogP contribution in [0.15, 0.2) is 22.8 Å². The van der Waals surface area contributed by atoms with Gasteiger partial charge in [-0.25, -0.2) is 0 Å². The van der Waals surface area contributed by atoms with Crippen molar-refractivity contribution in [3.63, 3.8) is 0 Å². The van der Waals surface area contributed by atoms with Crippen molar-refractivity contribution >= 4 is 15.9 Å². The molecular formula is C11H15BrN2. The summed E-state index contributed by atoms with van der Waals surface area (Å²) in [6.45, 7) is 4.35. The Balaban J connectivity index is 2.34. The predicted molar refractivity (Wildman–Crippen MR) is 61.1 cm³/mol. The van der Waals surface area contributed by atoms with E-state index in [4.69, 9.17) is 5.73 Å². The van der Waals surface area contributed by atoms with Gasteiger partial charge in [0.25, 0.3) is 0 Å². The molecule has 1 fully saturated rings. The van der Waals surface area contributed by atoms with E-state index in [9.17, 15) is 0 Å². The zero-order valence-corrected chi connectivity index (χ0v) is 10.1. The van der Waals surface area contributed by atoms with E-state index in [0.717, 1.165) is 23.0 Å². The van der Waals surface area contributed by atoms with Crippen LogP contribution in [0.4, 0.5) is 0 Å². The molecule has 1 aromatic rings. The van der Waals surface area contributed by atoms with Crippen LogP contribution in [-0.4, -0.2) is 10.5 Å². The van der Waals surface area contributed by atoms with Gasteiger partial charge >= 0.3 is 0 Å². The Morgan fingerprint density at radius 2 is 2.07 bits per heavy atom. The molecule has 0 radical (unpaired) electrons. The zero-order valence-electron chi connectivity index (χ0n) is 8.55. The Bertz CT molecular complexity index is 339. The lowest BCUT2D eigenvalue weighted by Gasteiger charge is -2.31. The van der Waals surface area contributed by atoms with Crippen LogP contribution in [0, 0.1) is 0 Å². The first-order valence-corrected chi connectivity index (χ1v) is 5.66. The maximum atomic E-state index is 6.24. The average Bonchev–Trinajstić information content (AvgIpc) is 2.86. The summed E-state index contributed by atoms with van der Waals surface area (Å²) in [5.74, 6) is 0. The molecule has 1 saturated carbocycles. The quantitative estimate of drug-likeness (QED) is 0.882. The fourth-order valence-electron chi connectivity index (χ4n) is 1.76. The van der Waals surface area contributed by atoms with E-state index < -0.39 is 0 Å². The highest BCUT2D eigenvalue weighted by Gasteiger charge is 2.52. The van der Waals surface area contributed by atoms with Gasteiger partial charge in [-0.1, -0.05) is 13.8 Å². The van der Waals surface area contributed by atoms with E-state index in [2.05, 4.69) is 40.8 Å². The molecule has 2 rings (SSSR count). The smallest absolute Gasteiger partial charge is 0.0479 e. The molecule has 0 spiro atoms. The van der Waals surface area contributed by atoms with Crippen LogP contribution < -0.4 is 5.73 Å². The third-order valence-corrected chi connectivity index (χ3v) is 3.87. The molecule has 0 bridgehead atoms. The first kappa shape index (κ1) is 10.1. The number of rotatable bonds is 2. The number of nitrogens with zero attached hydrogens (tertiary/aromatic N) is 1. The largest absolute Gasteiger partial charge is 0.324 e. The highest BCUT2D eigenvalue weighted by Crippen LogP contribution is 2.48. The van der Waals surface area contributed by atoms with Gasteiger partial charge in [0.15, 0.2) is 0 Å². The Hall–Kier alpha value is -0.410. The molecule has 2 N–H and O–H groups in total. The van der Waals surface area contributed by atoms with Crippen molar-refractivity contribution in [2.75, 3.05) is 0 Å². The molecule has 0 saturated heterocycles. The Morgan fingerprint density at radius 1 is 1.43 bits per heavy atom.